The zero-order chi connectivity index (χ0) is 30.2. The van der Waals surface area contributed by atoms with E-state index in [9.17, 15) is 17.2 Å². The molecule has 0 fully saturated rings. The zero-order valence-electron chi connectivity index (χ0n) is 23.4. The van der Waals surface area contributed by atoms with E-state index in [2.05, 4.69) is 4.98 Å². The van der Waals surface area contributed by atoms with Gasteiger partial charge in [-0.25, -0.2) is 13.1 Å². The third kappa shape index (κ3) is 4.95. The molecule has 0 aliphatic heterocycles. The molecule has 43 heavy (non-hydrogen) atoms. The Kier molecular flexibility index (Phi) is 7.27. The molecule has 6 nitrogen and oxygen atoms in total. The van der Waals surface area contributed by atoms with Crippen LogP contribution in [-0.2, 0) is 15.4 Å². The van der Waals surface area contributed by atoms with Gasteiger partial charge in [0.05, 0.1) is 21.5 Å². The average Bonchev–Trinajstić information content (AvgIpc) is 3.36. The monoisotopic (exact) mass is 595 g/mol. The number of hydrogen-bond donors (Lipinski definition) is 0. The smallest absolute Gasteiger partial charge is 0.388 e. The highest BCUT2D eigenvalue weighted by Crippen LogP contribution is 2.45. The van der Waals surface area contributed by atoms with Gasteiger partial charge in [0, 0.05) is 18.0 Å². The lowest BCUT2D eigenvalue weighted by Gasteiger charge is -2.36. The summed E-state index contributed by atoms with van der Waals surface area (Å²) < 4.78 is 59.2. The average molecular weight is 596 g/mol. The van der Waals surface area contributed by atoms with E-state index in [4.69, 9.17) is 9.84 Å². The molecule has 0 saturated carbocycles. The van der Waals surface area contributed by atoms with Crippen LogP contribution in [0.15, 0.2) is 126 Å². The maximum atomic E-state index is 13.9. The molecule has 0 N–H and O–H groups in total. The molecule has 6 aromatic rings. The SMILES string of the molecule is Cc1cc(-c2nccc3c2c(OC(F)F)nn3C(c2ccccc2)(c2ccccc2)c2ccccc2)ccc1S(C)(=O)=O. The predicted octanol–water partition coefficient (Wildman–Crippen LogP) is 7.25. The van der Waals surface area contributed by atoms with Crippen molar-refractivity contribution in [2.24, 2.45) is 0 Å². The Balaban J connectivity index is 1.74. The number of halogens is 2. The van der Waals surface area contributed by atoms with Crippen molar-refractivity contribution in [2.45, 2.75) is 24.0 Å². The molecule has 0 bridgehead atoms. The second kappa shape index (κ2) is 11.1. The summed E-state index contributed by atoms with van der Waals surface area (Å²) in [4.78, 5) is 4.74. The van der Waals surface area contributed by atoms with Crippen LogP contribution < -0.4 is 4.74 Å². The van der Waals surface area contributed by atoms with E-state index in [1.807, 2.05) is 91.0 Å². The molecule has 0 unspecified atom stereocenters. The van der Waals surface area contributed by atoms with Gasteiger partial charge in [-0.2, -0.15) is 8.78 Å². The van der Waals surface area contributed by atoms with Crippen molar-refractivity contribution < 1.29 is 21.9 Å². The molecule has 0 amide bonds. The first-order valence-electron chi connectivity index (χ1n) is 13.5. The van der Waals surface area contributed by atoms with Crippen molar-refractivity contribution in [3.05, 3.63) is 144 Å². The zero-order valence-corrected chi connectivity index (χ0v) is 24.2. The number of fused-ring (bicyclic) bond motifs is 1. The number of nitrogens with zero attached hydrogens (tertiary/aromatic N) is 3. The minimum atomic E-state index is -3.47. The second-order valence-corrected chi connectivity index (χ2v) is 12.2. The van der Waals surface area contributed by atoms with E-state index in [1.165, 1.54) is 6.07 Å². The van der Waals surface area contributed by atoms with Gasteiger partial charge in [-0.15, -0.1) is 5.10 Å². The fourth-order valence-corrected chi connectivity index (χ4v) is 6.75. The normalized spacial score (nSPS) is 12.1. The van der Waals surface area contributed by atoms with Crippen LogP contribution in [0.1, 0.15) is 22.3 Å². The predicted molar refractivity (Wildman–Crippen MR) is 162 cm³/mol. The Bertz CT molecular complexity index is 1920. The maximum Gasteiger partial charge on any atom is 0.388 e. The summed E-state index contributed by atoms with van der Waals surface area (Å²) >= 11 is 0. The van der Waals surface area contributed by atoms with Crippen molar-refractivity contribution in [1.82, 2.24) is 14.8 Å². The Morgan fingerprint density at radius 2 is 1.33 bits per heavy atom. The van der Waals surface area contributed by atoms with Crippen LogP contribution in [0.25, 0.3) is 22.2 Å². The van der Waals surface area contributed by atoms with E-state index in [0.717, 1.165) is 22.9 Å². The van der Waals surface area contributed by atoms with Crippen LogP contribution in [0.4, 0.5) is 8.78 Å². The molecule has 0 saturated heterocycles. The Labute approximate surface area is 248 Å². The number of sulfone groups is 1. The highest BCUT2D eigenvalue weighted by Gasteiger charge is 2.41. The fraction of sp³-hybridized carbons (Fsp3) is 0.118. The topological polar surface area (TPSA) is 74.1 Å². The quantitative estimate of drug-likeness (QED) is 0.173. The second-order valence-electron chi connectivity index (χ2n) is 10.2. The first kappa shape index (κ1) is 28.2. The summed E-state index contributed by atoms with van der Waals surface area (Å²) in [5.74, 6) is -0.287. The molecule has 0 aliphatic carbocycles. The minimum absolute atomic E-state index is 0.180. The lowest BCUT2D eigenvalue weighted by molar-refractivity contribution is -0.0523. The summed E-state index contributed by atoms with van der Waals surface area (Å²) in [6, 6.07) is 35.7. The largest absolute Gasteiger partial charge is 0.415 e. The van der Waals surface area contributed by atoms with Gasteiger partial charge in [0.15, 0.2) is 9.84 Å². The standard InChI is InChI=1S/C34H27F2N3O3S/c1-23-22-24(18-19-29(23)43(2,40)41)31-30-28(20-21-37-31)39(38-32(30)42-33(35)36)34(25-12-6-3-7-13-25,26-14-8-4-9-15-26)27-16-10-5-11-17-27/h3-22,33H,1-2H3. The third-order valence-corrected chi connectivity index (χ3v) is 8.76. The highest BCUT2D eigenvalue weighted by molar-refractivity contribution is 7.90. The summed E-state index contributed by atoms with van der Waals surface area (Å²) in [6.07, 6.45) is 2.73. The number of benzene rings is 4. The summed E-state index contributed by atoms with van der Waals surface area (Å²) in [5, 5.41) is 5.05. The number of hydrogen-bond acceptors (Lipinski definition) is 5. The van der Waals surface area contributed by atoms with Crippen LogP contribution in [0.3, 0.4) is 0 Å². The first-order valence-corrected chi connectivity index (χ1v) is 15.4. The number of alkyl halides is 2. The van der Waals surface area contributed by atoms with E-state index in [0.29, 0.717) is 22.3 Å². The highest BCUT2D eigenvalue weighted by atomic mass is 32.2. The molecule has 216 valence electrons. The van der Waals surface area contributed by atoms with Crippen molar-refractivity contribution in [3.63, 3.8) is 0 Å². The van der Waals surface area contributed by atoms with Crippen molar-refractivity contribution in [2.75, 3.05) is 6.26 Å². The van der Waals surface area contributed by atoms with Gasteiger partial charge < -0.3 is 4.74 Å². The van der Waals surface area contributed by atoms with E-state index in [1.54, 1.807) is 36.0 Å². The van der Waals surface area contributed by atoms with Crippen LogP contribution >= 0.6 is 0 Å². The van der Waals surface area contributed by atoms with Gasteiger partial charge in [0.25, 0.3) is 0 Å². The summed E-state index contributed by atoms with van der Waals surface area (Å²) in [7, 11) is -3.47. The number of ether oxygens (including phenoxy) is 1. The summed E-state index contributed by atoms with van der Waals surface area (Å²) in [6.45, 7) is -1.46. The molecule has 4 aromatic carbocycles. The molecule has 2 heterocycles. The van der Waals surface area contributed by atoms with E-state index in [-0.39, 0.29) is 16.2 Å². The van der Waals surface area contributed by atoms with Crippen LogP contribution in [-0.4, -0.2) is 36.0 Å². The molecular weight excluding hydrogens is 568 g/mol. The van der Waals surface area contributed by atoms with Crippen LogP contribution in [0.5, 0.6) is 5.88 Å². The third-order valence-electron chi connectivity index (χ3n) is 7.50. The van der Waals surface area contributed by atoms with Crippen LogP contribution in [0, 0.1) is 6.92 Å². The Morgan fingerprint density at radius 3 is 1.79 bits per heavy atom. The molecular formula is C34H27F2N3O3S. The number of aromatic nitrogens is 3. The van der Waals surface area contributed by atoms with Crippen molar-refractivity contribution in [3.8, 4) is 17.1 Å². The van der Waals surface area contributed by atoms with Crippen LogP contribution in [0.2, 0.25) is 0 Å². The van der Waals surface area contributed by atoms with Gasteiger partial charge in [0.2, 0.25) is 5.88 Å². The number of aryl methyl sites for hydroxylation is 1. The maximum absolute atomic E-state index is 13.9. The molecule has 9 heteroatoms. The lowest BCUT2D eigenvalue weighted by atomic mass is 9.77. The van der Waals surface area contributed by atoms with E-state index < -0.39 is 22.0 Å². The van der Waals surface area contributed by atoms with Gasteiger partial charge in [0.1, 0.15) is 5.54 Å². The van der Waals surface area contributed by atoms with Gasteiger partial charge in [-0.3, -0.25) is 4.98 Å². The summed E-state index contributed by atoms with van der Waals surface area (Å²) in [5.41, 5.74) is 3.35. The molecule has 6 rings (SSSR count). The number of pyridine rings is 1. The number of rotatable bonds is 8. The van der Waals surface area contributed by atoms with Crippen molar-refractivity contribution in [1.29, 1.82) is 0 Å². The molecule has 0 spiro atoms. The fourth-order valence-electron chi connectivity index (χ4n) is 5.79. The van der Waals surface area contributed by atoms with Gasteiger partial charge >= 0.3 is 6.61 Å². The Hall–Kier alpha value is -4.89. The molecule has 0 aliphatic rings. The van der Waals surface area contributed by atoms with Gasteiger partial charge in [-0.05, 0) is 47.4 Å². The Morgan fingerprint density at radius 1 is 0.791 bits per heavy atom. The minimum Gasteiger partial charge on any atom is -0.415 e. The van der Waals surface area contributed by atoms with Crippen molar-refractivity contribution >= 4 is 20.7 Å². The first-order chi connectivity index (χ1) is 20.7. The van der Waals surface area contributed by atoms with E-state index >= 15 is 0 Å². The van der Waals surface area contributed by atoms with Gasteiger partial charge in [-0.1, -0.05) is 97.1 Å². The molecule has 2 aromatic heterocycles. The molecule has 0 radical (unpaired) electrons. The molecule has 0 atom stereocenters. The lowest BCUT2D eigenvalue weighted by Crippen LogP contribution is -2.38.